The van der Waals surface area contributed by atoms with Crippen LogP contribution in [0.4, 0.5) is 5.69 Å². The second kappa shape index (κ2) is 8.68. The standard InChI is InChI=1S/C21H18N2O5/c1-26-16-7-9-18(10-8-16)28-17-5-3-14(4-6-17)20(24)23-15-11-12-22-19(13-15)21(25)27-2/h3-13H,1-2H3,(H,22,23,24). The zero-order valence-electron chi connectivity index (χ0n) is 15.3. The average molecular weight is 378 g/mol. The van der Waals surface area contributed by atoms with Crippen molar-refractivity contribution in [1.82, 2.24) is 4.98 Å². The second-order valence-corrected chi connectivity index (χ2v) is 5.68. The Morgan fingerprint density at radius 3 is 2.07 bits per heavy atom. The molecule has 142 valence electrons. The van der Waals surface area contributed by atoms with Gasteiger partial charge in [-0.25, -0.2) is 9.78 Å². The van der Waals surface area contributed by atoms with Gasteiger partial charge in [-0.05, 0) is 60.7 Å². The van der Waals surface area contributed by atoms with Gasteiger partial charge in [0.1, 0.15) is 22.9 Å². The quantitative estimate of drug-likeness (QED) is 0.654. The van der Waals surface area contributed by atoms with Crippen molar-refractivity contribution in [3.63, 3.8) is 0 Å². The molecule has 3 aromatic rings. The van der Waals surface area contributed by atoms with Crippen LogP contribution in [0.5, 0.6) is 17.2 Å². The molecule has 0 aliphatic rings. The first-order chi connectivity index (χ1) is 13.6. The summed E-state index contributed by atoms with van der Waals surface area (Å²) in [4.78, 5) is 27.8. The number of methoxy groups -OCH3 is 2. The van der Waals surface area contributed by atoms with E-state index in [9.17, 15) is 9.59 Å². The first kappa shape index (κ1) is 18.9. The van der Waals surface area contributed by atoms with Gasteiger partial charge in [0.25, 0.3) is 5.91 Å². The van der Waals surface area contributed by atoms with Crippen molar-refractivity contribution >= 4 is 17.6 Å². The third-order valence-electron chi connectivity index (χ3n) is 3.82. The van der Waals surface area contributed by atoms with Crippen molar-refractivity contribution in [3.05, 3.63) is 78.1 Å². The van der Waals surface area contributed by atoms with Crippen LogP contribution in [0.15, 0.2) is 66.9 Å². The number of hydrogen-bond acceptors (Lipinski definition) is 6. The summed E-state index contributed by atoms with van der Waals surface area (Å²) in [5.41, 5.74) is 1.00. The van der Waals surface area contributed by atoms with E-state index in [0.717, 1.165) is 5.75 Å². The van der Waals surface area contributed by atoms with Crippen molar-refractivity contribution in [1.29, 1.82) is 0 Å². The molecule has 2 aromatic carbocycles. The lowest BCUT2D eigenvalue weighted by molar-refractivity contribution is 0.0594. The third-order valence-corrected chi connectivity index (χ3v) is 3.82. The number of carbonyl (C=O) groups excluding carboxylic acids is 2. The van der Waals surface area contributed by atoms with Gasteiger partial charge < -0.3 is 19.5 Å². The lowest BCUT2D eigenvalue weighted by Gasteiger charge is -2.09. The van der Waals surface area contributed by atoms with Crippen LogP contribution in [-0.2, 0) is 4.74 Å². The monoisotopic (exact) mass is 378 g/mol. The molecule has 0 aliphatic carbocycles. The fourth-order valence-electron chi connectivity index (χ4n) is 2.38. The highest BCUT2D eigenvalue weighted by molar-refractivity contribution is 6.04. The van der Waals surface area contributed by atoms with Gasteiger partial charge in [0.15, 0.2) is 0 Å². The minimum atomic E-state index is -0.573. The molecule has 0 aliphatic heterocycles. The fraction of sp³-hybridized carbons (Fsp3) is 0.0952. The van der Waals surface area contributed by atoms with Crippen molar-refractivity contribution in [2.45, 2.75) is 0 Å². The molecule has 28 heavy (non-hydrogen) atoms. The predicted octanol–water partition coefficient (Wildman–Crippen LogP) is 3.92. The summed E-state index contributed by atoms with van der Waals surface area (Å²) in [7, 11) is 2.87. The highest BCUT2D eigenvalue weighted by atomic mass is 16.5. The van der Waals surface area contributed by atoms with Gasteiger partial charge in [-0.1, -0.05) is 0 Å². The van der Waals surface area contributed by atoms with Crippen LogP contribution in [0.3, 0.4) is 0 Å². The molecule has 0 spiro atoms. The first-order valence-corrected chi connectivity index (χ1v) is 8.37. The van der Waals surface area contributed by atoms with E-state index in [2.05, 4.69) is 15.0 Å². The molecule has 7 nitrogen and oxygen atoms in total. The number of nitrogens with one attached hydrogen (secondary N) is 1. The number of nitrogens with zero attached hydrogens (tertiary/aromatic N) is 1. The van der Waals surface area contributed by atoms with E-state index < -0.39 is 5.97 Å². The van der Waals surface area contributed by atoms with Crippen LogP contribution in [-0.4, -0.2) is 31.1 Å². The summed E-state index contributed by atoms with van der Waals surface area (Å²) in [5, 5.41) is 2.72. The number of hydrogen-bond donors (Lipinski definition) is 1. The number of benzene rings is 2. The van der Waals surface area contributed by atoms with Crippen LogP contribution < -0.4 is 14.8 Å². The number of carbonyl (C=O) groups is 2. The molecule has 0 fully saturated rings. The molecule has 7 heteroatoms. The summed E-state index contributed by atoms with van der Waals surface area (Å²) in [6.45, 7) is 0. The molecular formula is C21H18N2O5. The van der Waals surface area contributed by atoms with Crippen molar-refractivity contribution in [2.24, 2.45) is 0 Å². The van der Waals surface area contributed by atoms with Crippen molar-refractivity contribution < 1.29 is 23.8 Å². The highest BCUT2D eigenvalue weighted by Gasteiger charge is 2.11. The number of anilines is 1. The number of aromatic nitrogens is 1. The lowest BCUT2D eigenvalue weighted by Crippen LogP contribution is -2.13. The summed E-state index contributed by atoms with van der Waals surface area (Å²) in [5.74, 6) is 1.10. The summed E-state index contributed by atoms with van der Waals surface area (Å²) < 4.78 is 15.5. The van der Waals surface area contributed by atoms with Gasteiger partial charge in [-0.3, -0.25) is 4.79 Å². The maximum absolute atomic E-state index is 12.4. The Bertz CT molecular complexity index is 969. The van der Waals surface area contributed by atoms with E-state index >= 15 is 0 Å². The summed E-state index contributed by atoms with van der Waals surface area (Å²) in [6, 6.07) is 16.9. The van der Waals surface area contributed by atoms with E-state index in [1.165, 1.54) is 19.4 Å². The largest absolute Gasteiger partial charge is 0.497 e. The van der Waals surface area contributed by atoms with E-state index in [4.69, 9.17) is 9.47 Å². The first-order valence-electron chi connectivity index (χ1n) is 8.37. The molecular weight excluding hydrogens is 360 g/mol. The zero-order chi connectivity index (χ0) is 19.9. The van der Waals surface area contributed by atoms with E-state index in [-0.39, 0.29) is 11.6 Å². The number of esters is 1. The van der Waals surface area contributed by atoms with Crippen LogP contribution in [0.1, 0.15) is 20.8 Å². The van der Waals surface area contributed by atoms with E-state index in [1.807, 2.05) is 0 Å². The zero-order valence-corrected chi connectivity index (χ0v) is 15.3. The van der Waals surface area contributed by atoms with Crippen LogP contribution in [0, 0.1) is 0 Å². The molecule has 1 heterocycles. The molecule has 0 unspecified atom stereocenters. The Balaban J connectivity index is 1.65. The molecule has 3 rings (SSSR count). The Morgan fingerprint density at radius 1 is 0.857 bits per heavy atom. The average Bonchev–Trinajstić information content (AvgIpc) is 2.74. The maximum atomic E-state index is 12.4. The molecule has 1 aromatic heterocycles. The van der Waals surface area contributed by atoms with Crippen LogP contribution in [0.2, 0.25) is 0 Å². The molecule has 0 saturated carbocycles. The SMILES string of the molecule is COC(=O)c1cc(NC(=O)c2ccc(Oc3ccc(OC)cc3)cc2)ccn1. The molecule has 1 amide bonds. The van der Waals surface area contributed by atoms with Gasteiger partial charge in [-0.2, -0.15) is 0 Å². The smallest absolute Gasteiger partial charge is 0.356 e. The van der Waals surface area contributed by atoms with Gasteiger partial charge in [0.2, 0.25) is 0 Å². The minimum Gasteiger partial charge on any atom is -0.497 e. The number of pyridine rings is 1. The van der Waals surface area contributed by atoms with E-state index in [1.54, 1.807) is 61.7 Å². The van der Waals surface area contributed by atoms with Crippen LogP contribution in [0.25, 0.3) is 0 Å². The number of ether oxygens (including phenoxy) is 3. The van der Waals surface area contributed by atoms with Crippen LogP contribution >= 0.6 is 0 Å². The number of amides is 1. The van der Waals surface area contributed by atoms with E-state index in [0.29, 0.717) is 22.7 Å². The number of rotatable bonds is 6. The Hall–Kier alpha value is -3.87. The topological polar surface area (TPSA) is 86.8 Å². The second-order valence-electron chi connectivity index (χ2n) is 5.68. The third kappa shape index (κ3) is 4.64. The van der Waals surface area contributed by atoms with Gasteiger partial charge in [0, 0.05) is 17.4 Å². The normalized spacial score (nSPS) is 10.1. The molecule has 1 N–H and O–H groups in total. The molecule has 0 atom stereocenters. The fourth-order valence-corrected chi connectivity index (χ4v) is 2.38. The Morgan fingerprint density at radius 2 is 1.46 bits per heavy atom. The van der Waals surface area contributed by atoms with Crippen molar-refractivity contribution in [3.8, 4) is 17.2 Å². The maximum Gasteiger partial charge on any atom is 0.356 e. The van der Waals surface area contributed by atoms with Gasteiger partial charge in [0.05, 0.1) is 14.2 Å². The summed E-state index contributed by atoms with van der Waals surface area (Å²) in [6.07, 6.45) is 1.42. The van der Waals surface area contributed by atoms with Gasteiger partial charge >= 0.3 is 5.97 Å². The Labute approximate surface area is 161 Å². The predicted molar refractivity (Wildman–Crippen MR) is 103 cm³/mol. The highest BCUT2D eigenvalue weighted by Crippen LogP contribution is 2.24. The lowest BCUT2D eigenvalue weighted by atomic mass is 10.2. The molecule has 0 saturated heterocycles. The molecule has 0 bridgehead atoms. The summed E-state index contributed by atoms with van der Waals surface area (Å²) >= 11 is 0. The molecule has 0 radical (unpaired) electrons. The Kier molecular flexibility index (Phi) is 5.86. The minimum absolute atomic E-state index is 0.114. The van der Waals surface area contributed by atoms with Crippen molar-refractivity contribution in [2.75, 3.05) is 19.5 Å². The van der Waals surface area contributed by atoms with Gasteiger partial charge in [-0.15, -0.1) is 0 Å².